The Hall–Kier alpha value is -2.88. The number of hydrogen-bond donors (Lipinski definition) is 3. The van der Waals surface area contributed by atoms with Gasteiger partial charge in [0.15, 0.2) is 18.9 Å². The number of nitrogens with zero attached hydrogens (tertiary/aromatic N) is 1. The zero-order valence-corrected chi connectivity index (χ0v) is 17.5. The Balaban J connectivity index is 0.00000784. The van der Waals surface area contributed by atoms with E-state index in [0.29, 0.717) is 12.1 Å². The molecule has 0 aromatic carbocycles. The van der Waals surface area contributed by atoms with Crippen molar-refractivity contribution in [2.45, 2.75) is 39.3 Å². The molecule has 1 heterocycles. The van der Waals surface area contributed by atoms with Crippen LogP contribution in [0, 0.1) is 0 Å². The molecule has 1 aromatic rings. The quantitative estimate of drug-likeness (QED) is 0.212. The molecule has 0 saturated heterocycles. The minimum atomic E-state index is -0.622. The molecule has 0 radical (unpaired) electrons. The van der Waals surface area contributed by atoms with Crippen molar-refractivity contribution >= 4 is 23.9 Å². The number of esters is 1. The minimum absolute atomic E-state index is 0. The molecule has 0 spiro atoms. The largest absolute Gasteiger partial charge is 1.00 e. The van der Waals surface area contributed by atoms with E-state index in [1.54, 1.807) is 49.9 Å². The molecule has 162 valence electrons. The van der Waals surface area contributed by atoms with E-state index in [4.69, 9.17) is 15.2 Å². The van der Waals surface area contributed by atoms with Gasteiger partial charge in [-0.2, -0.15) is 0 Å². The first-order chi connectivity index (χ1) is 13.1. The number of carbonyl (C=O) groups excluding carboxylic acids is 4. The summed E-state index contributed by atoms with van der Waals surface area (Å²) in [7, 11) is 0. The van der Waals surface area contributed by atoms with Gasteiger partial charge in [0, 0.05) is 6.07 Å². The normalized spacial score (nSPS) is 10.3. The molecule has 0 fully saturated rings. The van der Waals surface area contributed by atoms with E-state index in [9.17, 15) is 19.2 Å². The number of carbonyl (C=O) groups is 4. The van der Waals surface area contributed by atoms with E-state index in [2.05, 4.69) is 10.6 Å². The summed E-state index contributed by atoms with van der Waals surface area (Å²) in [5.41, 5.74) is 4.93. The highest BCUT2D eigenvalue weighted by molar-refractivity contribution is 5.92. The van der Waals surface area contributed by atoms with Gasteiger partial charge in [-0.15, -0.1) is 0 Å². The number of hydrogen-bond acceptors (Lipinski definition) is 6. The molecule has 0 aliphatic carbocycles. The van der Waals surface area contributed by atoms with Crippen LogP contribution in [0.3, 0.4) is 0 Å². The van der Waals surface area contributed by atoms with Gasteiger partial charge in [0.05, 0.1) is 13.0 Å². The molecular formula is C18H27ClN4O6. The van der Waals surface area contributed by atoms with Crippen molar-refractivity contribution in [1.82, 2.24) is 10.6 Å². The summed E-state index contributed by atoms with van der Waals surface area (Å²) in [5, 5.41) is 4.89. The molecule has 4 N–H and O–H groups in total. The second kappa shape index (κ2) is 12.6. The molecule has 0 bridgehead atoms. The van der Waals surface area contributed by atoms with Crippen LogP contribution in [-0.4, -0.2) is 49.2 Å². The number of alkyl carbamates (subject to hydrolysis) is 1. The number of primary amides is 1. The zero-order valence-electron chi connectivity index (χ0n) is 16.7. The highest BCUT2D eigenvalue weighted by Gasteiger charge is 2.16. The minimum Gasteiger partial charge on any atom is -1.00 e. The lowest BCUT2D eigenvalue weighted by molar-refractivity contribution is -0.695. The van der Waals surface area contributed by atoms with Gasteiger partial charge in [-0.25, -0.2) is 9.36 Å². The van der Waals surface area contributed by atoms with E-state index in [-0.39, 0.29) is 44.4 Å². The van der Waals surface area contributed by atoms with Crippen LogP contribution < -0.4 is 33.3 Å². The molecule has 11 heteroatoms. The van der Waals surface area contributed by atoms with E-state index in [1.807, 2.05) is 0 Å². The Morgan fingerprint density at radius 2 is 1.86 bits per heavy atom. The van der Waals surface area contributed by atoms with Gasteiger partial charge < -0.3 is 38.2 Å². The van der Waals surface area contributed by atoms with Gasteiger partial charge in [0.2, 0.25) is 5.91 Å². The molecule has 3 amide bonds. The molecule has 1 aromatic heterocycles. The fourth-order valence-electron chi connectivity index (χ4n) is 1.98. The van der Waals surface area contributed by atoms with Crippen LogP contribution in [0.15, 0.2) is 24.5 Å². The van der Waals surface area contributed by atoms with Crippen molar-refractivity contribution in [2.75, 3.05) is 19.7 Å². The third kappa shape index (κ3) is 12.2. The van der Waals surface area contributed by atoms with Crippen LogP contribution in [0.1, 0.15) is 37.6 Å². The summed E-state index contributed by atoms with van der Waals surface area (Å²) >= 11 is 0. The monoisotopic (exact) mass is 430 g/mol. The average Bonchev–Trinajstić information content (AvgIpc) is 2.60. The van der Waals surface area contributed by atoms with E-state index in [1.165, 1.54) is 0 Å². The summed E-state index contributed by atoms with van der Waals surface area (Å²) in [6.45, 7) is 5.32. The second-order valence-corrected chi connectivity index (χ2v) is 6.87. The lowest BCUT2D eigenvalue weighted by Gasteiger charge is -2.19. The highest BCUT2D eigenvalue weighted by Crippen LogP contribution is 2.06. The maximum atomic E-state index is 11.8. The van der Waals surface area contributed by atoms with E-state index in [0.717, 1.165) is 0 Å². The standard InChI is InChI=1S/C18H26N4O6.ClH/c1-18(2,3)28-17(26)20-7-10-27-15(24)11-21-14(23)6-9-22-8-4-5-13(12-22)16(19)25;/h4-5,8,12H,6-7,9-11H2,1-3H3,(H3-,19,20,21,23,25,26);1H. The van der Waals surface area contributed by atoms with Gasteiger partial charge in [-0.05, 0) is 26.8 Å². The number of halogens is 1. The van der Waals surface area contributed by atoms with Crippen molar-refractivity contribution in [3.8, 4) is 0 Å². The van der Waals surface area contributed by atoms with Crippen molar-refractivity contribution in [1.29, 1.82) is 0 Å². The number of aromatic nitrogens is 1. The Labute approximate surface area is 175 Å². The SMILES string of the molecule is CC(C)(C)OC(=O)NCCOC(=O)CNC(=O)CC[n+]1cccc(C(N)=O)c1.[Cl-]. The number of nitrogens with one attached hydrogen (secondary N) is 2. The van der Waals surface area contributed by atoms with Gasteiger partial charge >= 0.3 is 12.1 Å². The third-order valence-electron chi connectivity index (χ3n) is 3.20. The van der Waals surface area contributed by atoms with Crippen molar-refractivity contribution in [3.63, 3.8) is 0 Å². The van der Waals surface area contributed by atoms with Crippen molar-refractivity contribution < 1.29 is 45.6 Å². The van der Waals surface area contributed by atoms with Crippen LogP contribution >= 0.6 is 0 Å². The number of amides is 3. The smallest absolute Gasteiger partial charge is 0.407 e. The second-order valence-electron chi connectivity index (χ2n) is 6.87. The summed E-state index contributed by atoms with van der Waals surface area (Å²) in [5.74, 6) is -1.52. The Morgan fingerprint density at radius 1 is 1.17 bits per heavy atom. The molecule has 0 atom stereocenters. The molecule has 0 unspecified atom stereocenters. The Bertz CT molecular complexity index is 721. The highest BCUT2D eigenvalue weighted by atomic mass is 35.5. The predicted octanol–water partition coefficient (Wildman–Crippen LogP) is -3.35. The van der Waals surface area contributed by atoms with Crippen LogP contribution in [0.2, 0.25) is 0 Å². The fourth-order valence-corrected chi connectivity index (χ4v) is 1.98. The lowest BCUT2D eigenvalue weighted by atomic mass is 10.2. The van der Waals surface area contributed by atoms with Crippen molar-refractivity contribution in [2.24, 2.45) is 5.73 Å². The number of ether oxygens (including phenoxy) is 2. The third-order valence-corrected chi connectivity index (χ3v) is 3.20. The molecule has 0 aliphatic rings. The maximum Gasteiger partial charge on any atom is 0.407 e. The molecular weight excluding hydrogens is 404 g/mol. The Morgan fingerprint density at radius 3 is 2.48 bits per heavy atom. The van der Waals surface area contributed by atoms with Crippen LogP contribution in [0.4, 0.5) is 4.79 Å². The zero-order chi connectivity index (χ0) is 21.2. The summed E-state index contributed by atoms with van der Waals surface area (Å²) < 4.78 is 11.6. The predicted molar refractivity (Wildman–Crippen MR) is 98.0 cm³/mol. The fraction of sp³-hybridized carbons (Fsp3) is 0.500. The summed E-state index contributed by atoms with van der Waals surface area (Å²) in [6.07, 6.45) is 2.75. The average molecular weight is 431 g/mol. The lowest BCUT2D eigenvalue weighted by Crippen LogP contribution is -3.00. The number of aryl methyl sites for hydroxylation is 1. The topological polar surface area (TPSA) is 141 Å². The van der Waals surface area contributed by atoms with Crippen LogP contribution in [-0.2, 0) is 25.6 Å². The van der Waals surface area contributed by atoms with E-state index >= 15 is 0 Å². The van der Waals surface area contributed by atoms with Crippen molar-refractivity contribution in [3.05, 3.63) is 30.1 Å². The van der Waals surface area contributed by atoms with Gasteiger partial charge in [0.25, 0.3) is 5.91 Å². The number of pyridine rings is 1. The molecule has 29 heavy (non-hydrogen) atoms. The molecule has 1 rings (SSSR count). The van der Waals surface area contributed by atoms with Crippen LogP contribution in [0.5, 0.6) is 0 Å². The maximum absolute atomic E-state index is 11.8. The number of rotatable bonds is 9. The molecule has 0 aliphatic heterocycles. The summed E-state index contributed by atoms with van der Waals surface area (Å²) in [4.78, 5) is 45.9. The van der Waals surface area contributed by atoms with Gasteiger partial charge in [-0.3, -0.25) is 14.4 Å². The van der Waals surface area contributed by atoms with E-state index < -0.39 is 23.6 Å². The first kappa shape index (κ1) is 26.1. The Kier molecular flexibility index (Phi) is 11.3. The van der Waals surface area contributed by atoms with Crippen LogP contribution in [0.25, 0.3) is 0 Å². The molecule has 0 saturated carbocycles. The number of nitrogens with two attached hydrogens (primary N) is 1. The summed E-state index contributed by atoms with van der Waals surface area (Å²) in [6, 6.07) is 3.23. The first-order valence-electron chi connectivity index (χ1n) is 8.75. The van der Waals surface area contributed by atoms with Gasteiger partial charge in [0.1, 0.15) is 24.3 Å². The van der Waals surface area contributed by atoms with Gasteiger partial charge in [-0.1, -0.05) is 0 Å². The molecule has 10 nitrogen and oxygen atoms in total. The first-order valence-corrected chi connectivity index (χ1v) is 8.75.